The number of benzene rings is 1. The van der Waals surface area contributed by atoms with Gasteiger partial charge < -0.3 is 10.5 Å². The fraction of sp³-hybridized carbons (Fsp3) is 0.533. The molecule has 122 valence electrons. The van der Waals surface area contributed by atoms with E-state index in [1.165, 1.54) is 35.7 Å². The Bertz CT molecular complexity index is 627. The number of rotatable bonds is 4. The minimum Gasteiger partial charge on any atom is -0.465 e. The molecule has 1 saturated heterocycles. The van der Waals surface area contributed by atoms with Gasteiger partial charge in [0.1, 0.15) is 0 Å². The van der Waals surface area contributed by atoms with Crippen molar-refractivity contribution in [3.8, 4) is 0 Å². The van der Waals surface area contributed by atoms with Gasteiger partial charge in [-0.25, -0.2) is 13.2 Å². The maximum Gasteiger partial charge on any atom is 0.337 e. The highest BCUT2D eigenvalue weighted by Gasteiger charge is 2.33. The van der Waals surface area contributed by atoms with Gasteiger partial charge in [0.15, 0.2) is 0 Å². The third-order valence-electron chi connectivity index (χ3n) is 4.29. The van der Waals surface area contributed by atoms with Crippen LogP contribution in [0.2, 0.25) is 0 Å². The molecule has 1 aliphatic heterocycles. The lowest BCUT2D eigenvalue weighted by Gasteiger charge is -2.35. The fourth-order valence-electron chi connectivity index (χ4n) is 2.67. The smallest absolute Gasteiger partial charge is 0.337 e. The van der Waals surface area contributed by atoms with Gasteiger partial charge in [0.05, 0.1) is 17.6 Å². The molecule has 0 radical (unpaired) electrons. The van der Waals surface area contributed by atoms with Crippen molar-refractivity contribution in [2.24, 2.45) is 17.6 Å². The number of ether oxygens (including phenoxy) is 1. The Morgan fingerprint density at radius 3 is 2.55 bits per heavy atom. The van der Waals surface area contributed by atoms with E-state index in [1.54, 1.807) is 0 Å². The number of nitrogens with zero attached hydrogens (tertiary/aromatic N) is 1. The third kappa shape index (κ3) is 3.31. The maximum absolute atomic E-state index is 12.7. The van der Waals surface area contributed by atoms with Crippen molar-refractivity contribution in [3.05, 3.63) is 29.8 Å². The number of methoxy groups -OCH3 is 1. The molecule has 0 amide bonds. The van der Waals surface area contributed by atoms with Gasteiger partial charge in [-0.2, -0.15) is 4.31 Å². The average molecular weight is 326 g/mol. The maximum atomic E-state index is 12.7. The number of carbonyl (C=O) groups is 1. The number of nitrogens with two attached hydrogens (primary N) is 1. The van der Waals surface area contributed by atoms with Gasteiger partial charge in [-0.1, -0.05) is 6.92 Å². The molecular weight excluding hydrogens is 304 g/mol. The Kier molecular flexibility index (Phi) is 5.20. The number of hydrogen-bond acceptors (Lipinski definition) is 5. The Morgan fingerprint density at radius 2 is 2.00 bits per heavy atom. The predicted molar refractivity (Wildman–Crippen MR) is 82.9 cm³/mol. The molecule has 6 nitrogen and oxygen atoms in total. The van der Waals surface area contributed by atoms with Gasteiger partial charge in [-0.3, -0.25) is 0 Å². The predicted octanol–water partition coefficient (Wildman–Crippen LogP) is 1.08. The van der Waals surface area contributed by atoms with E-state index in [0.717, 1.165) is 6.42 Å². The van der Waals surface area contributed by atoms with Crippen molar-refractivity contribution in [1.82, 2.24) is 4.31 Å². The summed E-state index contributed by atoms with van der Waals surface area (Å²) in [4.78, 5) is 11.6. The summed E-state index contributed by atoms with van der Waals surface area (Å²) in [6.45, 7) is 3.53. The molecule has 22 heavy (non-hydrogen) atoms. The molecule has 2 atom stereocenters. The summed E-state index contributed by atoms with van der Waals surface area (Å²) in [6.07, 6.45) is 0.807. The molecule has 2 unspecified atom stereocenters. The topological polar surface area (TPSA) is 89.7 Å². The van der Waals surface area contributed by atoms with E-state index < -0.39 is 16.0 Å². The number of piperidine rings is 1. The molecule has 1 aromatic rings. The van der Waals surface area contributed by atoms with Crippen LogP contribution in [0.25, 0.3) is 0 Å². The van der Waals surface area contributed by atoms with Crippen molar-refractivity contribution in [2.45, 2.75) is 18.2 Å². The molecule has 0 bridgehead atoms. The second-order valence-electron chi connectivity index (χ2n) is 5.64. The van der Waals surface area contributed by atoms with E-state index in [-0.39, 0.29) is 10.8 Å². The second-order valence-corrected chi connectivity index (χ2v) is 7.58. The van der Waals surface area contributed by atoms with Gasteiger partial charge in [0.2, 0.25) is 10.0 Å². The largest absolute Gasteiger partial charge is 0.465 e. The van der Waals surface area contributed by atoms with Crippen molar-refractivity contribution < 1.29 is 17.9 Å². The van der Waals surface area contributed by atoms with Crippen molar-refractivity contribution >= 4 is 16.0 Å². The molecule has 2 rings (SSSR count). The Balaban J connectivity index is 2.21. The highest BCUT2D eigenvalue weighted by atomic mass is 32.2. The monoisotopic (exact) mass is 326 g/mol. The van der Waals surface area contributed by atoms with E-state index in [0.29, 0.717) is 31.1 Å². The quantitative estimate of drug-likeness (QED) is 0.836. The van der Waals surface area contributed by atoms with Gasteiger partial charge in [-0.15, -0.1) is 0 Å². The summed E-state index contributed by atoms with van der Waals surface area (Å²) in [5.74, 6) is 0.120. The van der Waals surface area contributed by atoms with Crippen LogP contribution in [-0.4, -0.2) is 45.4 Å². The van der Waals surface area contributed by atoms with Crippen LogP contribution in [0.3, 0.4) is 0 Å². The van der Waals surface area contributed by atoms with Crippen LogP contribution in [0.5, 0.6) is 0 Å². The second kappa shape index (κ2) is 6.76. The summed E-state index contributed by atoms with van der Waals surface area (Å²) < 4.78 is 31.4. The Morgan fingerprint density at radius 1 is 1.36 bits per heavy atom. The molecule has 7 heteroatoms. The lowest BCUT2D eigenvalue weighted by molar-refractivity contribution is 0.0600. The van der Waals surface area contributed by atoms with Crippen LogP contribution in [0, 0.1) is 11.8 Å². The van der Waals surface area contributed by atoms with Crippen LogP contribution >= 0.6 is 0 Å². The van der Waals surface area contributed by atoms with Crippen molar-refractivity contribution in [2.75, 3.05) is 26.7 Å². The summed E-state index contributed by atoms with van der Waals surface area (Å²) in [5, 5.41) is 0. The SMILES string of the molecule is COC(=O)c1ccc(S(=O)(=O)N2CCC(C)C(CN)C2)cc1. The van der Waals surface area contributed by atoms with Crippen LogP contribution in [0.4, 0.5) is 0 Å². The molecule has 1 heterocycles. The van der Waals surface area contributed by atoms with E-state index in [2.05, 4.69) is 11.7 Å². The highest BCUT2D eigenvalue weighted by Crippen LogP contribution is 2.27. The first-order valence-electron chi connectivity index (χ1n) is 7.28. The number of carbonyl (C=O) groups excluding carboxylic acids is 1. The van der Waals surface area contributed by atoms with Crippen LogP contribution < -0.4 is 5.73 Å². The van der Waals surface area contributed by atoms with Crippen LogP contribution in [0.1, 0.15) is 23.7 Å². The molecule has 1 fully saturated rings. The van der Waals surface area contributed by atoms with Crippen molar-refractivity contribution in [1.29, 1.82) is 0 Å². The summed E-state index contributed by atoms with van der Waals surface area (Å²) >= 11 is 0. The van der Waals surface area contributed by atoms with Crippen molar-refractivity contribution in [3.63, 3.8) is 0 Å². The minimum atomic E-state index is -3.55. The lowest BCUT2D eigenvalue weighted by Crippen LogP contribution is -2.45. The number of esters is 1. The van der Waals surface area contributed by atoms with E-state index in [4.69, 9.17) is 5.73 Å². The fourth-order valence-corrected chi connectivity index (χ4v) is 4.18. The molecular formula is C15H22N2O4S. The molecule has 1 aromatic carbocycles. The molecule has 2 N–H and O–H groups in total. The van der Waals surface area contributed by atoms with Crippen LogP contribution in [-0.2, 0) is 14.8 Å². The zero-order chi connectivity index (χ0) is 16.3. The Hall–Kier alpha value is -1.44. The molecule has 0 aliphatic carbocycles. The van der Waals surface area contributed by atoms with Gasteiger partial charge in [-0.05, 0) is 49.1 Å². The lowest BCUT2D eigenvalue weighted by atomic mass is 9.88. The number of hydrogen-bond donors (Lipinski definition) is 1. The first-order valence-corrected chi connectivity index (χ1v) is 8.72. The van der Waals surface area contributed by atoms with Crippen LogP contribution in [0.15, 0.2) is 29.2 Å². The van der Waals surface area contributed by atoms with E-state index in [9.17, 15) is 13.2 Å². The van der Waals surface area contributed by atoms with Gasteiger partial charge >= 0.3 is 5.97 Å². The zero-order valence-electron chi connectivity index (χ0n) is 12.9. The van der Waals surface area contributed by atoms with E-state index >= 15 is 0 Å². The summed E-state index contributed by atoms with van der Waals surface area (Å²) in [5.41, 5.74) is 6.06. The first kappa shape index (κ1) is 16.9. The minimum absolute atomic E-state index is 0.179. The molecule has 0 saturated carbocycles. The molecule has 1 aliphatic rings. The zero-order valence-corrected chi connectivity index (χ0v) is 13.7. The van der Waals surface area contributed by atoms with E-state index in [1.807, 2.05) is 0 Å². The molecule has 0 aromatic heterocycles. The molecule has 0 spiro atoms. The third-order valence-corrected chi connectivity index (χ3v) is 6.17. The summed E-state index contributed by atoms with van der Waals surface area (Å²) in [7, 11) is -2.27. The van der Waals surface area contributed by atoms with Gasteiger partial charge in [0, 0.05) is 13.1 Å². The average Bonchev–Trinajstić information content (AvgIpc) is 2.54. The first-order chi connectivity index (χ1) is 10.4. The standard InChI is InChI=1S/C15H22N2O4S/c1-11-7-8-17(10-13(11)9-16)22(19,20)14-5-3-12(4-6-14)15(18)21-2/h3-6,11,13H,7-10,16H2,1-2H3. The highest BCUT2D eigenvalue weighted by molar-refractivity contribution is 7.89. The normalized spacial score (nSPS) is 23.2. The summed E-state index contributed by atoms with van der Waals surface area (Å²) in [6, 6.07) is 5.81. The van der Waals surface area contributed by atoms with Gasteiger partial charge in [0.25, 0.3) is 0 Å². The number of sulfonamides is 1. The Labute approximate surface area is 131 Å².